The molecule has 0 saturated carbocycles. The highest BCUT2D eigenvalue weighted by Gasteiger charge is 2.32. The van der Waals surface area contributed by atoms with E-state index in [0.717, 1.165) is 25.9 Å². The minimum absolute atomic E-state index is 0.139. The summed E-state index contributed by atoms with van der Waals surface area (Å²) in [6.45, 7) is 4.10. The Hall–Kier alpha value is -0.410. The second-order valence-electron chi connectivity index (χ2n) is 3.44. The third kappa shape index (κ3) is 1.79. The molecule has 0 amide bonds. The van der Waals surface area contributed by atoms with Crippen LogP contribution < -0.4 is 11.1 Å². The molecule has 0 aromatic rings. The molecule has 11 heavy (non-hydrogen) atoms. The van der Waals surface area contributed by atoms with Crippen LogP contribution in [0.4, 0.5) is 0 Å². The number of carbonyl (C=O) groups excluding carboxylic acids is 1. The maximum absolute atomic E-state index is 11.3. The van der Waals surface area contributed by atoms with E-state index >= 15 is 0 Å². The molecule has 0 atom stereocenters. The first kappa shape index (κ1) is 8.68. The fraction of sp³-hybridized carbons (Fsp3) is 0.875. The van der Waals surface area contributed by atoms with Gasteiger partial charge in [0, 0.05) is 5.41 Å². The monoisotopic (exact) mass is 156 g/mol. The Balaban J connectivity index is 2.56. The van der Waals surface area contributed by atoms with E-state index < -0.39 is 0 Å². The number of nitrogens with two attached hydrogens (primary N) is 1. The molecule has 0 aromatic carbocycles. The van der Waals surface area contributed by atoms with Crippen LogP contribution in [0.25, 0.3) is 0 Å². The number of ketones is 1. The number of nitrogens with one attached hydrogen (secondary N) is 1. The van der Waals surface area contributed by atoms with E-state index in [1.165, 1.54) is 0 Å². The van der Waals surface area contributed by atoms with Crippen LogP contribution in [0, 0.1) is 5.41 Å². The predicted octanol–water partition coefficient (Wildman–Crippen LogP) is -0.0961. The van der Waals surface area contributed by atoms with Crippen molar-refractivity contribution >= 4 is 5.78 Å². The van der Waals surface area contributed by atoms with Gasteiger partial charge in [0.05, 0.1) is 6.54 Å². The molecule has 1 aliphatic rings. The molecular formula is C8H16N2O. The summed E-state index contributed by atoms with van der Waals surface area (Å²) in [6.07, 6.45) is 1.87. The van der Waals surface area contributed by atoms with Crippen LogP contribution in [0.15, 0.2) is 0 Å². The number of hydrogen-bond donors (Lipinski definition) is 2. The fourth-order valence-corrected chi connectivity index (χ4v) is 1.50. The Labute approximate surface area is 67.3 Å². The van der Waals surface area contributed by atoms with Crippen molar-refractivity contribution in [3.63, 3.8) is 0 Å². The van der Waals surface area contributed by atoms with Gasteiger partial charge in [0.2, 0.25) is 0 Å². The van der Waals surface area contributed by atoms with Crippen LogP contribution in [0.2, 0.25) is 0 Å². The molecule has 0 radical (unpaired) electrons. The van der Waals surface area contributed by atoms with Crippen molar-refractivity contribution in [1.29, 1.82) is 0 Å². The molecule has 64 valence electrons. The molecule has 1 saturated heterocycles. The molecule has 0 bridgehead atoms. The van der Waals surface area contributed by atoms with Crippen molar-refractivity contribution in [2.75, 3.05) is 19.6 Å². The summed E-state index contributed by atoms with van der Waals surface area (Å²) >= 11 is 0. The van der Waals surface area contributed by atoms with Gasteiger partial charge >= 0.3 is 0 Å². The lowest BCUT2D eigenvalue weighted by molar-refractivity contribution is -0.127. The van der Waals surface area contributed by atoms with Crippen molar-refractivity contribution in [1.82, 2.24) is 5.32 Å². The summed E-state index contributed by atoms with van der Waals surface area (Å²) in [5.41, 5.74) is 5.18. The van der Waals surface area contributed by atoms with Gasteiger partial charge < -0.3 is 11.1 Å². The van der Waals surface area contributed by atoms with Gasteiger partial charge in [-0.25, -0.2) is 0 Å². The molecular weight excluding hydrogens is 140 g/mol. The largest absolute Gasteiger partial charge is 0.324 e. The Morgan fingerprint density at radius 3 is 2.55 bits per heavy atom. The Bertz CT molecular complexity index is 150. The number of hydrogen-bond acceptors (Lipinski definition) is 3. The standard InChI is InChI=1S/C8H16N2O/c1-8(7(11)6-9)2-4-10-5-3-8/h10H,2-6,9H2,1H3. The van der Waals surface area contributed by atoms with E-state index in [9.17, 15) is 4.79 Å². The quantitative estimate of drug-likeness (QED) is 0.587. The molecule has 3 nitrogen and oxygen atoms in total. The third-order valence-electron chi connectivity index (χ3n) is 2.57. The lowest BCUT2D eigenvalue weighted by Gasteiger charge is -2.31. The summed E-state index contributed by atoms with van der Waals surface area (Å²) in [4.78, 5) is 11.3. The van der Waals surface area contributed by atoms with Gasteiger partial charge in [-0.2, -0.15) is 0 Å². The van der Waals surface area contributed by atoms with Crippen LogP contribution in [-0.4, -0.2) is 25.4 Å². The number of carbonyl (C=O) groups is 1. The van der Waals surface area contributed by atoms with Crippen LogP contribution in [-0.2, 0) is 4.79 Å². The summed E-state index contributed by atoms with van der Waals surface area (Å²) in [6, 6.07) is 0. The van der Waals surface area contributed by atoms with Crippen LogP contribution in [0.1, 0.15) is 19.8 Å². The van der Waals surface area contributed by atoms with E-state index in [1.807, 2.05) is 6.92 Å². The maximum atomic E-state index is 11.3. The Morgan fingerprint density at radius 2 is 2.09 bits per heavy atom. The lowest BCUT2D eigenvalue weighted by Crippen LogP contribution is -2.42. The zero-order chi connectivity index (χ0) is 8.32. The zero-order valence-corrected chi connectivity index (χ0v) is 7.02. The Morgan fingerprint density at radius 1 is 1.55 bits per heavy atom. The second-order valence-corrected chi connectivity index (χ2v) is 3.44. The molecule has 0 spiro atoms. The van der Waals surface area contributed by atoms with E-state index in [1.54, 1.807) is 0 Å². The predicted molar refractivity (Wildman–Crippen MR) is 44.3 cm³/mol. The normalized spacial score (nSPS) is 23.1. The molecule has 3 N–H and O–H groups in total. The molecule has 1 aliphatic heterocycles. The highest BCUT2D eigenvalue weighted by molar-refractivity contribution is 5.86. The van der Waals surface area contributed by atoms with E-state index in [0.29, 0.717) is 0 Å². The molecule has 1 rings (SSSR count). The van der Waals surface area contributed by atoms with Crippen molar-refractivity contribution in [2.24, 2.45) is 11.1 Å². The van der Waals surface area contributed by atoms with Crippen LogP contribution >= 0.6 is 0 Å². The van der Waals surface area contributed by atoms with Gasteiger partial charge in [-0.3, -0.25) is 4.79 Å². The lowest BCUT2D eigenvalue weighted by atomic mass is 9.77. The summed E-state index contributed by atoms with van der Waals surface area (Å²) < 4.78 is 0. The van der Waals surface area contributed by atoms with Crippen LogP contribution in [0.5, 0.6) is 0 Å². The fourth-order valence-electron chi connectivity index (χ4n) is 1.50. The average molecular weight is 156 g/mol. The number of rotatable bonds is 2. The SMILES string of the molecule is CC1(C(=O)CN)CCNCC1. The Kier molecular flexibility index (Phi) is 2.62. The highest BCUT2D eigenvalue weighted by atomic mass is 16.1. The first-order valence-corrected chi connectivity index (χ1v) is 4.13. The van der Waals surface area contributed by atoms with Gasteiger partial charge in [0.25, 0.3) is 0 Å². The molecule has 0 unspecified atom stereocenters. The highest BCUT2D eigenvalue weighted by Crippen LogP contribution is 2.28. The van der Waals surface area contributed by atoms with E-state index in [4.69, 9.17) is 5.73 Å². The molecule has 3 heteroatoms. The van der Waals surface area contributed by atoms with Crippen molar-refractivity contribution in [3.05, 3.63) is 0 Å². The second kappa shape index (κ2) is 3.32. The maximum Gasteiger partial charge on any atom is 0.152 e. The van der Waals surface area contributed by atoms with Gasteiger partial charge in [0.1, 0.15) is 0 Å². The van der Waals surface area contributed by atoms with Crippen LogP contribution in [0.3, 0.4) is 0 Å². The first-order chi connectivity index (χ1) is 5.19. The topological polar surface area (TPSA) is 55.1 Å². The minimum Gasteiger partial charge on any atom is -0.324 e. The minimum atomic E-state index is -0.139. The smallest absolute Gasteiger partial charge is 0.152 e. The third-order valence-corrected chi connectivity index (χ3v) is 2.57. The summed E-state index contributed by atoms with van der Waals surface area (Å²) in [7, 11) is 0. The molecule has 0 aromatic heterocycles. The number of piperidine rings is 1. The summed E-state index contributed by atoms with van der Waals surface area (Å²) in [5, 5.41) is 3.23. The van der Waals surface area contributed by atoms with Gasteiger partial charge in [-0.15, -0.1) is 0 Å². The zero-order valence-electron chi connectivity index (χ0n) is 7.02. The van der Waals surface area contributed by atoms with Crippen molar-refractivity contribution in [2.45, 2.75) is 19.8 Å². The number of Topliss-reactive ketones (excluding diaryl/α,β-unsaturated/α-hetero) is 1. The average Bonchev–Trinajstić information content (AvgIpc) is 2.04. The van der Waals surface area contributed by atoms with Crippen molar-refractivity contribution in [3.8, 4) is 0 Å². The summed E-state index contributed by atoms with van der Waals surface area (Å²) in [5.74, 6) is 0.207. The van der Waals surface area contributed by atoms with Gasteiger partial charge in [-0.05, 0) is 25.9 Å². The van der Waals surface area contributed by atoms with Gasteiger partial charge in [-0.1, -0.05) is 6.92 Å². The molecule has 1 fully saturated rings. The molecule has 0 aliphatic carbocycles. The first-order valence-electron chi connectivity index (χ1n) is 4.13. The van der Waals surface area contributed by atoms with E-state index in [-0.39, 0.29) is 17.7 Å². The van der Waals surface area contributed by atoms with Crippen molar-refractivity contribution < 1.29 is 4.79 Å². The molecule has 1 heterocycles. The van der Waals surface area contributed by atoms with E-state index in [2.05, 4.69) is 5.32 Å². The van der Waals surface area contributed by atoms with Gasteiger partial charge in [0.15, 0.2) is 5.78 Å².